The van der Waals surface area contributed by atoms with Gasteiger partial charge in [0.05, 0.1) is 11.1 Å². The highest BCUT2D eigenvalue weighted by molar-refractivity contribution is 9.10. The van der Waals surface area contributed by atoms with E-state index < -0.39 is 11.8 Å². The van der Waals surface area contributed by atoms with Crippen LogP contribution >= 0.6 is 15.9 Å². The van der Waals surface area contributed by atoms with Crippen molar-refractivity contribution in [3.05, 3.63) is 58.1 Å². The number of nitrogens with one attached hydrogen (secondary N) is 2. The van der Waals surface area contributed by atoms with Gasteiger partial charge in [0.1, 0.15) is 11.5 Å². The molecule has 0 bridgehead atoms. The normalized spacial score (nSPS) is 10.3. The van der Waals surface area contributed by atoms with Gasteiger partial charge in [-0.25, -0.2) is 0 Å². The SMILES string of the molecule is CCCCCCOc1ccc(C(=O)NNC(=O)COc2ccc(C)cc2)cc1Br. The van der Waals surface area contributed by atoms with Gasteiger partial charge in [-0.15, -0.1) is 0 Å². The van der Waals surface area contributed by atoms with E-state index in [4.69, 9.17) is 9.47 Å². The molecule has 7 heteroatoms. The van der Waals surface area contributed by atoms with Crippen LogP contribution in [-0.4, -0.2) is 25.0 Å². The highest BCUT2D eigenvalue weighted by atomic mass is 79.9. The van der Waals surface area contributed by atoms with E-state index in [-0.39, 0.29) is 6.61 Å². The lowest BCUT2D eigenvalue weighted by molar-refractivity contribution is -0.123. The molecule has 0 fully saturated rings. The lowest BCUT2D eigenvalue weighted by atomic mass is 10.2. The monoisotopic (exact) mass is 462 g/mol. The van der Waals surface area contributed by atoms with Crippen LogP contribution < -0.4 is 20.3 Å². The fourth-order valence-electron chi connectivity index (χ4n) is 2.49. The molecule has 0 atom stereocenters. The first kappa shape index (κ1) is 22.7. The number of halogens is 1. The Morgan fingerprint density at radius 3 is 2.41 bits per heavy atom. The number of unbranched alkanes of at least 4 members (excludes halogenated alkanes) is 3. The number of carbonyl (C=O) groups is 2. The van der Waals surface area contributed by atoms with E-state index in [0.717, 1.165) is 18.4 Å². The summed E-state index contributed by atoms with van der Waals surface area (Å²) >= 11 is 3.42. The van der Waals surface area contributed by atoms with E-state index in [0.29, 0.717) is 28.1 Å². The van der Waals surface area contributed by atoms with Crippen LogP contribution in [0.15, 0.2) is 46.9 Å². The molecule has 0 aliphatic rings. The molecule has 2 aromatic rings. The van der Waals surface area contributed by atoms with Crippen molar-refractivity contribution in [1.82, 2.24) is 10.9 Å². The summed E-state index contributed by atoms with van der Waals surface area (Å²) in [6, 6.07) is 12.4. The lowest BCUT2D eigenvalue weighted by Gasteiger charge is -2.11. The molecule has 0 saturated heterocycles. The van der Waals surface area contributed by atoms with Crippen LogP contribution in [-0.2, 0) is 4.79 Å². The van der Waals surface area contributed by atoms with Crippen LogP contribution in [0.25, 0.3) is 0 Å². The van der Waals surface area contributed by atoms with Gasteiger partial charge in [0, 0.05) is 5.56 Å². The molecule has 6 nitrogen and oxygen atoms in total. The maximum Gasteiger partial charge on any atom is 0.276 e. The molecular weight excluding hydrogens is 436 g/mol. The van der Waals surface area contributed by atoms with Gasteiger partial charge < -0.3 is 9.47 Å². The van der Waals surface area contributed by atoms with Gasteiger partial charge >= 0.3 is 0 Å². The van der Waals surface area contributed by atoms with E-state index in [9.17, 15) is 9.59 Å². The zero-order valence-corrected chi connectivity index (χ0v) is 18.4. The Bertz CT molecular complexity index is 809. The number of hydrogen-bond donors (Lipinski definition) is 2. The zero-order valence-electron chi connectivity index (χ0n) is 16.8. The van der Waals surface area contributed by atoms with Gasteiger partial charge in [-0.1, -0.05) is 43.9 Å². The predicted molar refractivity (Wildman–Crippen MR) is 116 cm³/mol. The van der Waals surface area contributed by atoms with Crippen molar-refractivity contribution in [3.63, 3.8) is 0 Å². The Morgan fingerprint density at radius 2 is 1.72 bits per heavy atom. The maximum atomic E-state index is 12.2. The van der Waals surface area contributed by atoms with Gasteiger partial charge in [-0.3, -0.25) is 20.4 Å². The second kappa shape index (κ2) is 12.1. The van der Waals surface area contributed by atoms with Gasteiger partial charge in [0.15, 0.2) is 6.61 Å². The smallest absolute Gasteiger partial charge is 0.276 e. The van der Waals surface area contributed by atoms with Crippen molar-refractivity contribution >= 4 is 27.7 Å². The van der Waals surface area contributed by atoms with Gasteiger partial charge in [0.2, 0.25) is 0 Å². The lowest BCUT2D eigenvalue weighted by Crippen LogP contribution is -2.43. The van der Waals surface area contributed by atoms with Crippen LogP contribution in [0.4, 0.5) is 0 Å². The Labute approximate surface area is 180 Å². The van der Waals surface area contributed by atoms with Crippen molar-refractivity contribution in [2.75, 3.05) is 13.2 Å². The molecule has 0 unspecified atom stereocenters. The minimum Gasteiger partial charge on any atom is -0.492 e. The fraction of sp³-hybridized carbons (Fsp3) is 0.364. The molecule has 0 heterocycles. The summed E-state index contributed by atoms with van der Waals surface area (Å²) in [6.07, 6.45) is 4.52. The van der Waals surface area contributed by atoms with Gasteiger partial charge in [-0.2, -0.15) is 0 Å². The fourth-order valence-corrected chi connectivity index (χ4v) is 2.98. The second-order valence-electron chi connectivity index (χ2n) is 6.66. The number of rotatable bonds is 10. The van der Waals surface area contributed by atoms with Crippen molar-refractivity contribution < 1.29 is 19.1 Å². The van der Waals surface area contributed by atoms with Crippen LogP contribution in [0.5, 0.6) is 11.5 Å². The van der Waals surface area contributed by atoms with E-state index in [2.05, 4.69) is 33.7 Å². The Kier molecular flexibility index (Phi) is 9.50. The number of hydrogen-bond acceptors (Lipinski definition) is 4. The standard InChI is InChI=1S/C22H27BrN2O4/c1-3-4-5-6-13-28-20-12-9-17(14-19(20)23)22(27)25-24-21(26)15-29-18-10-7-16(2)8-11-18/h7-12,14H,3-6,13,15H2,1-2H3,(H,24,26)(H,25,27). The van der Waals surface area contributed by atoms with Crippen molar-refractivity contribution in [2.45, 2.75) is 39.5 Å². The molecule has 2 N–H and O–H groups in total. The largest absolute Gasteiger partial charge is 0.492 e. The van der Waals surface area contributed by atoms with Crippen LogP contribution in [0.1, 0.15) is 48.5 Å². The van der Waals surface area contributed by atoms with E-state index in [1.165, 1.54) is 12.8 Å². The van der Waals surface area contributed by atoms with E-state index >= 15 is 0 Å². The third kappa shape index (κ3) is 8.15. The van der Waals surface area contributed by atoms with Crippen LogP contribution in [0.3, 0.4) is 0 Å². The topological polar surface area (TPSA) is 76.7 Å². The summed E-state index contributed by atoms with van der Waals surface area (Å²) in [7, 11) is 0. The second-order valence-corrected chi connectivity index (χ2v) is 7.51. The van der Waals surface area contributed by atoms with E-state index in [1.54, 1.807) is 30.3 Å². The summed E-state index contributed by atoms with van der Waals surface area (Å²) in [4.78, 5) is 24.1. The first-order valence-corrected chi connectivity index (χ1v) is 10.5. The first-order valence-electron chi connectivity index (χ1n) is 9.70. The summed E-state index contributed by atoms with van der Waals surface area (Å²) in [5.74, 6) is 0.397. The maximum absolute atomic E-state index is 12.2. The Morgan fingerprint density at radius 1 is 0.966 bits per heavy atom. The van der Waals surface area contributed by atoms with E-state index in [1.807, 2.05) is 19.1 Å². The summed E-state index contributed by atoms with van der Waals surface area (Å²) in [5.41, 5.74) is 6.22. The van der Waals surface area contributed by atoms with Crippen molar-refractivity contribution in [3.8, 4) is 11.5 Å². The number of hydrazine groups is 1. The summed E-state index contributed by atoms with van der Waals surface area (Å²) < 4.78 is 11.8. The predicted octanol–water partition coefficient (Wildman–Crippen LogP) is 4.56. The number of amides is 2. The minimum absolute atomic E-state index is 0.197. The number of aryl methyl sites for hydroxylation is 1. The quantitative estimate of drug-likeness (QED) is 0.400. The molecule has 0 radical (unpaired) electrons. The van der Waals surface area contributed by atoms with Crippen molar-refractivity contribution in [1.29, 1.82) is 0 Å². The molecular formula is C22H27BrN2O4. The Hall–Kier alpha value is -2.54. The number of benzene rings is 2. The molecule has 0 aliphatic heterocycles. The van der Waals surface area contributed by atoms with Gasteiger partial charge in [0.25, 0.3) is 11.8 Å². The number of ether oxygens (including phenoxy) is 2. The first-order chi connectivity index (χ1) is 14.0. The highest BCUT2D eigenvalue weighted by Gasteiger charge is 2.11. The third-order valence-electron chi connectivity index (χ3n) is 4.16. The molecule has 0 aromatic heterocycles. The van der Waals surface area contributed by atoms with Crippen molar-refractivity contribution in [2.24, 2.45) is 0 Å². The summed E-state index contributed by atoms with van der Waals surface area (Å²) in [6.45, 7) is 4.58. The van der Waals surface area contributed by atoms with Crippen LogP contribution in [0, 0.1) is 6.92 Å². The summed E-state index contributed by atoms with van der Waals surface area (Å²) in [5, 5.41) is 0. The average molecular weight is 463 g/mol. The Balaban J connectivity index is 1.75. The molecule has 0 spiro atoms. The third-order valence-corrected chi connectivity index (χ3v) is 4.78. The van der Waals surface area contributed by atoms with Gasteiger partial charge in [-0.05, 0) is 59.6 Å². The average Bonchev–Trinajstić information content (AvgIpc) is 2.72. The minimum atomic E-state index is -0.454. The molecule has 0 aliphatic carbocycles. The number of carbonyl (C=O) groups excluding carboxylic acids is 2. The highest BCUT2D eigenvalue weighted by Crippen LogP contribution is 2.26. The molecule has 0 saturated carbocycles. The molecule has 2 rings (SSSR count). The van der Waals surface area contributed by atoms with Crippen LogP contribution in [0.2, 0.25) is 0 Å². The molecule has 29 heavy (non-hydrogen) atoms. The molecule has 156 valence electrons. The molecule has 2 aromatic carbocycles. The zero-order chi connectivity index (χ0) is 21.1. The molecule has 2 amide bonds.